The second kappa shape index (κ2) is 3.35. The molecule has 1 aliphatic heterocycles. The van der Waals surface area contributed by atoms with Gasteiger partial charge in [-0.25, -0.2) is 4.98 Å². The van der Waals surface area contributed by atoms with Crippen LogP contribution < -0.4 is 5.32 Å². The Hall–Kier alpha value is -0.900. The van der Waals surface area contributed by atoms with E-state index in [4.69, 9.17) is 0 Å². The third-order valence-electron chi connectivity index (χ3n) is 3.07. The molecule has 1 saturated carbocycles. The first-order chi connectivity index (χ1) is 6.92. The summed E-state index contributed by atoms with van der Waals surface area (Å²) in [6.45, 7) is 2.15. The Morgan fingerprint density at radius 1 is 1.43 bits per heavy atom. The summed E-state index contributed by atoms with van der Waals surface area (Å²) in [4.78, 5) is 4.34. The van der Waals surface area contributed by atoms with Crippen LogP contribution in [-0.2, 0) is 6.54 Å². The molecule has 1 N–H and O–H groups in total. The predicted molar refractivity (Wildman–Crippen MR) is 53.0 cm³/mol. The number of hydrogen-bond acceptors (Lipinski definition) is 3. The quantitative estimate of drug-likeness (QED) is 0.774. The van der Waals surface area contributed by atoms with Crippen LogP contribution in [0.25, 0.3) is 0 Å². The molecule has 3 rings (SSSR count). The number of rotatable bonds is 3. The van der Waals surface area contributed by atoms with Gasteiger partial charge >= 0.3 is 0 Å². The van der Waals surface area contributed by atoms with Crippen molar-refractivity contribution in [2.45, 2.75) is 44.2 Å². The molecule has 1 aromatic rings. The summed E-state index contributed by atoms with van der Waals surface area (Å²) >= 11 is 0. The molecule has 0 amide bonds. The van der Waals surface area contributed by atoms with Gasteiger partial charge in [-0.1, -0.05) is 0 Å². The van der Waals surface area contributed by atoms with Gasteiger partial charge < -0.3 is 5.32 Å². The van der Waals surface area contributed by atoms with Crippen molar-refractivity contribution in [3.8, 4) is 0 Å². The van der Waals surface area contributed by atoms with Crippen molar-refractivity contribution in [2.24, 2.45) is 0 Å². The predicted octanol–water partition coefficient (Wildman–Crippen LogP) is 0.907. The average Bonchev–Trinajstić information content (AvgIpc) is 2.75. The maximum absolute atomic E-state index is 4.50. The van der Waals surface area contributed by atoms with E-state index in [9.17, 15) is 0 Å². The van der Waals surface area contributed by atoms with Crippen LogP contribution in [0.5, 0.6) is 0 Å². The van der Waals surface area contributed by atoms with E-state index in [0.717, 1.165) is 18.9 Å². The van der Waals surface area contributed by atoms with Gasteiger partial charge in [0.25, 0.3) is 0 Å². The second-order valence-electron chi connectivity index (χ2n) is 4.39. The second-order valence-corrected chi connectivity index (χ2v) is 4.39. The summed E-state index contributed by atoms with van der Waals surface area (Å²) < 4.78 is 2.00. The minimum atomic E-state index is 0.615. The first-order valence-corrected chi connectivity index (χ1v) is 5.54. The Balaban J connectivity index is 1.64. The molecule has 0 unspecified atom stereocenters. The van der Waals surface area contributed by atoms with Crippen LogP contribution in [0.2, 0.25) is 0 Å². The van der Waals surface area contributed by atoms with E-state index in [0.29, 0.717) is 12.0 Å². The van der Waals surface area contributed by atoms with Crippen LogP contribution in [0.3, 0.4) is 0 Å². The van der Waals surface area contributed by atoms with Crippen LogP contribution >= 0.6 is 0 Å². The van der Waals surface area contributed by atoms with Crippen LogP contribution in [0.1, 0.15) is 37.4 Å². The van der Waals surface area contributed by atoms with Crippen molar-refractivity contribution < 1.29 is 0 Å². The van der Waals surface area contributed by atoms with Crippen molar-refractivity contribution in [3.63, 3.8) is 0 Å². The van der Waals surface area contributed by atoms with Crippen LogP contribution in [0, 0.1) is 0 Å². The standard InChI is InChI=1S/C10H16N4/c1-2-9(11-5-1)6-14-7-12-10(13-14)8-3-4-8/h7-9,11H,1-6H2/t9-/m1/s1. The molecule has 4 heteroatoms. The largest absolute Gasteiger partial charge is 0.312 e. The molecule has 2 fully saturated rings. The highest BCUT2D eigenvalue weighted by Crippen LogP contribution is 2.37. The Morgan fingerprint density at radius 2 is 2.36 bits per heavy atom. The molecule has 14 heavy (non-hydrogen) atoms. The van der Waals surface area contributed by atoms with E-state index in [1.54, 1.807) is 0 Å². The van der Waals surface area contributed by atoms with Gasteiger partial charge in [0.05, 0.1) is 6.54 Å². The normalized spacial score (nSPS) is 27.0. The van der Waals surface area contributed by atoms with Crippen molar-refractivity contribution in [1.29, 1.82) is 0 Å². The van der Waals surface area contributed by atoms with Gasteiger partial charge in [-0.2, -0.15) is 5.10 Å². The fourth-order valence-corrected chi connectivity index (χ4v) is 2.06. The van der Waals surface area contributed by atoms with E-state index in [1.807, 2.05) is 11.0 Å². The molecular weight excluding hydrogens is 176 g/mol. The fraction of sp³-hybridized carbons (Fsp3) is 0.800. The maximum Gasteiger partial charge on any atom is 0.153 e. The van der Waals surface area contributed by atoms with Gasteiger partial charge in [0.15, 0.2) is 5.82 Å². The zero-order valence-corrected chi connectivity index (χ0v) is 8.32. The Bertz CT molecular complexity index is 310. The molecule has 1 aliphatic carbocycles. The summed E-state index contributed by atoms with van der Waals surface area (Å²) in [7, 11) is 0. The van der Waals surface area contributed by atoms with Crippen LogP contribution in [0.15, 0.2) is 6.33 Å². The summed E-state index contributed by atoms with van der Waals surface area (Å²) in [6, 6.07) is 0.615. The first-order valence-electron chi connectivity index (χ1n) is 5.54. The zero-order chi connectivity index (χ0) is 9.38. The molecule has 2 heterocycles. The van der Waals surface area contributed by atoms with Gasteiger partial charge in [0.2, 0.25) is 0 Å². The van der Waals surface area contributed by atoms with Gasteiger partial charge in [-0.05, 0) is 32.2 Å². The van der Waals surface area contributed by atoms with E-state index in [1.165, 1.54) is 25.7 Å². The Labute approximate surface area is 83.7 Å². The molecule has 1 aromatic heterocycles. The van der Waals surface area contributed by atoms with E-state index >= 15 is 0 Å². The smallest absolute Gasteiger partial charge is 0.153 e. The number of nitrogens with zero attached hydrogens (tertiary/aromatic N) is 3. The lowest BCUT2D eigenvalue weighted by Crippen LogP contribution is -2.26. The van der Waals surface area contributed by atoms with E-state index in [-0.39, 0.29) is 0 Å². The third kappa shape index (κ3) is 1.66. The summed E-state index contributed by atoms with van der Waals surface area (Å²) in [5, 5.41) is 7.97. The summed E-state index contributed by atoms with van der Waals surface area (Å²) in [6.07, 6.45) is 7.03. The van der Waals surface area contributed by atoms with Gasteiger partial charge in [0.1, 0.15) is 6.33 Å². The van der Waals surface area contributed by atoms with Crippen molar-refractivity contribution in [1.82, 2.24) is 20.1 Å². The molecule has 1 atom stereocenters. The van der Waals surface area contributed by atoms with Gasteiger partial charge in [-0.15, -0.1) is 0 Å². The molecule has 0 aromatic carbocycles. The number of aromatic nitrogens is 3. The van der Waals surface area contributed by atoms with Crippen LogP contribution in [-0.4, -0.2) is 27.4 Å². The minimum absolute atomic E-state index is 0.615. The van der Waals surface area contributed by atoms with Crippen LogP contribution in [0.4, 0.5) is 0 Å². The molecule has 0 spiro atoms. The van der Waals surface area contributed by atoms with E-state index in [2.05, 4.69) is 15.4 Å². The minimum Gasteiger partial charge on any atom is -0.312 e. The summed E-state index contributed by atoms with van der Waals surface area (Å²) in [5.41, 5.74) is 0. The van der Waals surface area contributed by atoms with Crippen molar-refractivity contribution in [3.05, 3.63) is 12.2 Å². The number of hydrogen-bond donors (Lipinski definition) is 1. The monoisotopic (exact) mass is 192 g/mol. The van der Waals surface area contributed by atoms with Crippen molar-refractivity contribution in [2.75, 3.05) is 6.54 Å². The first kappa shape index (κ1) is 8.41. The molecule has 2 aliphatic rings. The highest BCUT2D eigenvalue weighted by molar-refractivity contribution is 5.02. The molecule has 4 nitrogen and oxygen atoms in total. The Kier molecular flexibility index (Phi) is 2.01. The average molecular weight is 192 g/mol. The molecular formula is C10H16N4. The lowest BCUT2D eigenvalue weighted by atomic mass is 10.2. The third-order valence-corrected chi connectivity index (χ3v) is 3.07. The SMILES string of the molecule is c1nc(C2CC2)nn1C[C@H]1CCCN1. The zero-order valence-electron chi connectivity index (χ0n) is 8.32. The topological polar surface area (TPSA) is 42.7 Å². The Morgan fingerprint density at radius 3 is 3.07 bits per heavy atom. The summed E-state index contributed by atoms with van der Waals surface area (Å²) in [5.74, 6) is 1.73. The fourth-order valence-electron chi connectivity index (χ4n) is 2.06. The number of nitrogens with one attached hydrogen (secondary N) is 1. The van der Waals surface area contributed by atoms with E-state index < -0.39 is 0 Å². The maximum atomic E-state index is 4.50. The highest BCUT2D eigenvalue weighted by atomic mass is 15.3. The molecule has 0 bridgehead atoms. The molecule has 1 saturated heterocycles. The van der Waals surface area contributed by atoms with Crippen molar-refractivity contribution >= 4 is 0 Å². The van der Waals surface area contributed by atoms with Gasteiger partial charge in [-0.3, -0.25) is 4.68 Å². The van der Waals surface area contributed by atoms with Gasteiger partial charge in [0, 0.05) is 12.0 Å². The lowest BCUT2D eigenvalue weighted by Gasteiger charge is -2.08. The molecule has 0 radical (unpaired) electrons. The molecule has 76 valence electrons. The highest BCUT2D eigenvalue weighted by Gasteiger charge is 2.27. The lowest BCUT2D eigenvalue weighted by molar-refractivity contribution is 0.473.